The van der Waals surface area contributed by atoms with Gasteiger partial charge in [0.1, 0.15) is 0 Å². The van der Waals surface area contributed by atoms with Gasteiger partial charge in [0, 0.05) is 0 Å². The summed E-state index contributed by atoms with van der Waals surface area (Å²) in [4.78, 5) is 0. The van der Waals surface area contributed by atoms with E-state index < -0.39 is 0 Å². The zero-order valence-corrected chi connectivity index (χ0v) is 6.70. The lowest BCUT2D eigenvalue weighted by Gasteiger charge is -1.74. The molecule has 0 aliphatic carbocycles. The average molecular weight is 174 g/mol. The maximum absolute atomic E-state index is 5.00. The molecule has 2 nitrogen and oxygen atoms in total. The van der Waals surface area contributed by atoms with Crippen LogP contribution in [0.5, 0.6) is 0 Å². The molecule has 0 atom stereocenters. The average Bonchev–Trinajstić information content (AvgIpc) is 2.17. The SMILES string of the molecule is C#CSc1n[nH]c(=S)s1. The standard InChI is InChI=1S/C4H2N2S3/c1-2-8-4-6-5-3(7)9-4/h1H,(H,5,7). The number of rotatable bonds is 1. The number of H-pyrrole nitrogens is 1. The molecule has 1 rings (SSSR count). The molecule has 1 aromatic rings. The van der Waals surface area contributed by atoms with Crippen molar-refractivity contribution in [3.63, 3.8) is 0 Å². The van der Waals surface area contributed by atoms with E-state index in [1.54, 1.807) is 0 Å². The van der Waals surface area contributed by atoms with Gasteiger partial charge in [-0.25, -0.2) is 0 Å². The van der Waals surface area contributed by atoms with Crippen LogP contribution in [0.25, 0.3) is 0 Å². The van der Waals surface area contributed by atoms with Crippen LogP contribution >= 0.6 is 35.3 Å². The van der Waals surface area contributed by atoms with E-state index in [-0.39, 0.29) is 0 Å². The van der Waals surface area contributed by atoms with E-state index in [0.29, 0.717) is 3.95 Å². The van der Waals surface area contributed by atoms with Crippen LogP contribution in [0.3, 0.4) is 0 Å². The van der Waals surface area contributed by atoms with Crippen molar-refractivity contribution in [2.45, 2.75) is 4.34 Å². The van der Waals surface area contributed by atoms with Crippen molar-refractivity contribution in [1.82, 2.24) is 10.2 Å². The number of hydrogen-bond acceptors (Lipinski definition) is 4. The zero-order valence-electron chi connectivity index (χ0n) is 4.25. The van der Waals surface area contributed by atoms with Crippen molar-refractivity contribution in [3.05, 3.63) is 3.95 Å². The highest BCUT2D eigenvalue weighted by Crippen LogP contribution is 2.17. The summed E-state index contributed by atoms with van der Waals surface area (Å²) >= 11 is 7.38. The lowest BCUT2D eigenvalue weighted by molar-refractivity contribution is 1.01. The Kier molecular flexibility index (Phi) is 2.28. The normalized spacial score (nSPS) is 8.78. The Balaban J connectivity index is 2.88. The van der Waals surface area contributed by atoms with Crippen LogP contribution in [0.2, 0.25) is 0 Å². The Morgan fingerprint density at radius 1 is 1.89 bits per heavy atom. The van der Waals surface area contributed by atoms with Crippen molar-refractivity contribution in [3.8, 4) is 11.7 Å². The molecule has 0 radical (unpaired) electrons. The Morgan fingerprint density at radius 2 is 2.67 bits per heavy atom. The van der Waals surface area contributed by atoms with Gasteiger partial charge in [-0.3, -0.25) is 5.10 Å². The van der Waals surface area contributed by atoms with E-state index in [0.717, 1.165) is 4.34 Å². The molecular formula is C4H2N2S3. The second-order valence-corrected chi connectivity index (χ2v) is 3.85. The van der Waals surface area contributed by atoms with Gasteiger partial charge in [-0.05, 0) is 29.2 Å². The van der Waals surface area contributed by atoms with Gasteiger partial charge in [0.25, 0.3) is 0 Å². The van der Waals surface area contributed by atoms with Crippen LogP contribution < -0.4 is 0 Å². The van der Waals surface area contributed by atoms with Gasteiger partial charge in [0.2, 0.25) is 0 Å². The van der Waals surface area contributed by atoms with E-state index >= 15 is 0 Å². The van der Waals surface area contributed by atoms with E-state index in [4.69, 9.17) is 18.6 Å². The Labute approximate surface area is 65.7 Å². The van der Waals surface area contributed by atoms with E-state index in [1.807, 2.05) is 0 Å². The number of hydrogen-bond donors (Lipinski definition) is 1. The van der Waals surface area contributed by atoms with E-state index in [2.05, 4.69) is 15.4 Å². The summed E-state index contributed by atoms with van der Waals surface area (Å²) in [6.45, 7) is 0. The fourth-order valence-electron chi connectivity index (χ4n) is 0.310. The van der Waals surface area contributed by atoms with Crippen LogP contribution in [0.4, 0.5) is 0 Å². The van der Waals surface area contributed by atoms with Gasteiger partial charge in [0.05, 0.1) is 0 Å². The van der Waals surface area contributed by atoms with Gasteiger partial charge in [-0.1, -0.05) is 11.3 Å². The molecule has 0 fully saturated rings. The zero-order chi connectivity index (χ0) is 6.69. The van der Waals surface area contributed by atoms with Gasteiger partial charge >= 0.3 is 0 Å². The summed E-state index contributed by atoms with van der Waals surface area (Å²) < 4.78 is 1.45. The molecule has 9 heavy (non-hydrogen) atoms. The number of terminal acetylenes is 1. The second-order valence-electron chi connectivity index (χ2n) is 1.10. The molecule has 0 bridgehead atoms. The minimum Gasteiger partial charge on any atom is -0.257 e. The summed E-state index contributed by atoms with van der Waals surface area (Å²) in [6.07, 6.45) is 5.00. The molecular weight excluding hydrogens is 172 g/mol. The fraction of sp³-hybridized carbons (Fsp3) is 0. The fourth-order valence-corrected chi connectivity index (χ4v) is 1.85. The summed E-state index contributed by atoms with van der Waals surface area (Å²) in [6, 6.07) is 0. The molecule has 0 aromatic carbocycles. The molecule has 0 saturated heterocycles. The van der Waals surface area contributed by atoms with Crippen molar-refractivity contribution < 1.29 is 0 Å². The molecule has 1 N–H and O–H groups in total. The highest BCUT2D eigenvalue weighted by Gasteiger charge is 1.92. The third-order valence-corrected chi connectivity index (χ3v) is 2.33. The summed E-state index contributed by atoms with van der Waals surface area (Å²) in [7, 11) is 0. The van der Waals surface area contributed by atoms with Crippen LogP contribution in [0, 0.1) is 15.6 Å². The number of thioether (sulfide) groups is 1. The topological polar surface area (TPSA) is 28.7 Å². The molecule has 0 aliphatic rings. The molecule has 0 amide bonds. The van der Waals surface area contributed by atoms with Crippen molar-refractivity contribution in [2.75, 3.05) is 0 Å². The molecule has 0 saturated carbocycles. The highest BCUT2D eigenvalue weighted by atomic mass is 32.2. The van der Waals surface area contributed by atoms with Crippen molar-refractivity contribution >= 4 is 35.3 Å². The smallest absolute Gasteiger partial charge is 0.185 e. The number of aromatic nitrogens is 2. The summed E-state index contributed by atoms with van der Waals surface area (Å²) in [5, 5.41) is 8.83. The van der Waals surface area contributed by atoms with Crippen LogP contribution in [0.15, 0.2) is 4.34 Å². The molecule has 46 valence electrons. The molecule has 0 spiro atoms. The number of aromatic amines is 1. The number of nitrogens with zero attached hydrogens (tertiary/aromatic N) is 1. The summed E-state index contributed by atoms with van der Waals surface area (Å²) in [5.41, 5.74) is 0. The minimum atomic E-state index is 0.660. The first-order chi connectivity index (χ1) is 4.33. The van der Waals surface area contributed by atoms with E-state index in [9.17, 15) is 0 Å². The first-order valence-electron chi connectivity index (χ1n) is 2.01. The summed E-state index contributed by atoms with van der Waals surface area (Å²) in [5.74, 6) is 0. The number of nitrogens with one attached hydrogen (secondary N) is 1. The minimum absolute atomic E-state index is 0.660. The Morgan fingerprint density at radius 3 is 3.11 bits per heavy atom. The predicted octanol–water partition coefficient (Wildman–Crippen LogP) is 1.88. The maximum atomic E-state index is 5.00. The molecule has 5 heteroatoms. The van der Waals surface area contributed by atoms with E-state index in [1.165, 1.54) is 23.1 Å². The molecule has 0 aliphatic heterocycles. The van der Waals surface area contributed by atoms with Gasteiger partial charge < -0.3 is 0 Å². The predicted molar refractivity (Wildman–Crippen MR) is 42.0 cm³/mol. The van der Waals surface area contributed by atoms with Crippen LogP contribution in [-0.2, 0) is 0 Å². The Hall–Kier alpha value is -0.310. The largest absolute Gasteiger partial charge is 0.257 e. The van der Waals surface area contributed by atoms with Crippen LogP contribution in [-0.4, -0.2) is 10.2 Å². The lowest BCUT2D eigenvalue weighted by Crippen LogP contribution is -1.65. The van der Waals surface area contributed by atoms with Gasteiger partial charge in [-0.15, -0.1) is 6.42 Å². The van der Waals surface area contributed by atoms with Crippen molar-refractivity contribution in [1.29, 1.82) is 0 Å². The lowest BCUT2D eigenvalue weighted by atomic mass is 11.4. The Bertz CT molecular complexity index is 278. The molecule has 1 heterocycles. The van der Waals surface area contributed by atoms with Gasteiger partial charge in [0.15, 0.2) is 8.29 Å². The first kappa shape index (κ1) is 6.81. The van der Waals surface area contributed by atoms with Crippen LogP contribution in [0.1, 0.15) is 0 Å². The monoisotopic (exact) mass is 174 g/mol. The highest BCUT2D eigenvalue weighted by molar-refractivity contribution is 8.05. The molecule has 1 aromatic heterocycles. The van der Waals surface area contributed by atoms with Crippen molar-refractivity contribution in [2.24, 2.45) is 0 Å². The quantitative estimate of drug-likeness (QED) is 0.400. The molecule has 0 unspecified atom stereocenters. The first-order valence-corrected chi connectivity index (χ1v) is 4.05. The third-order valence-electron chi connectivity index (χ3n) is 0.565. The van der Waals surface area contributed by atoms with Gasteiger partial charge in [-0.2, -0.15) is 5.10 Å². The maximum Gasteiger partial charge on any atom is 0.185 e. The second kappa shape index (κ2) is 3.01. The third kappa shape index (κ3) is 1.82.